The first-order valence-corrected chi connectivity index (χ1v) is 10.5. The highest BCUT2D eigenvalue weighted by atomic mass is 15.1. The molecule has 0 spiro atoms. The smallest absolute Gasteiger partial charge is 0.0863 e. The zero-order valence-electron chi connectivity index (χ0n) is 16.5. The SMILES string of the molecule is Cc1ccc(N2CCCCC2)c(C=Nc2ccccc2N2CCCCC2)c1. The summed E-state index contributed by atoms with van der Waals surface area (Å²) in [6, 6.07) is 15.4. The third-order valence-corrected chi connectivity index (χ3v) is 5.80. The molecular weight excluding hydrogens is 330 g/mol. The Balaban J connectivity index is 1.62. The number of aryl methyl sites for hydroxylation is 1. The highest BCUT2D eigenvalue weighted by molar-refractivity contribution is 5.91. The zero-order chi connectivity index (χ0) is 18.5. The molecule has 2 saturated heterocycles. The van der Waals surface area contributed by atoms with E-state index in [2.05, 4.69) is 65.4 Å². The average molecular weight is 362 g/mol. The fourth-order valence-corrected chi connectivity index (χ4v) is 4.31. The lowest BCUT2D eigenvalue weighted by Crippen LogP contribution is -2.30. The molecule has 0 aromatic heterocycles. The van der Waals surface area contributed by atoms with Crippen molar-refractivity contribution in [2.45, 2.75) is 45.4 Å². The Labute approximate surface area is 163 Å². The first kappa shape index (κ1) is 18.1. The summed E-state index contributed by atoms with van der Waals surface area (Å²) in [5.41, 5.74) is 6.23. The zero-order valence-corrected chi connectivity index (χ0v) is 16.5. The number of nitrogens with zero attached hydrogens (tertiary/aromatic N) is 3. The van der Waals surface area contributed by atoms with Crippen LogP contribution in [0.1, 0.15) is 49.7 Å². The van der Waals surface area contributed by atoms with Gasteiger partial charge in [0.1, 0.15) is 0 Å². The molecule has 3 nitrogen and oxygen atoms in total. The van der Waals surface area contributed by atoms with Gasteiger partial charge in [-0.3, -0.25) is 4.99 Å². The van der Waals surface area contributed by atoms with Crippen molar-refractivity contribution >= 4 is 23.3 Å². The van der Waals surface area contributed by atoms with Gasteiger partial charge in [0.25, 0.3) is 0 Å². The summed E-state index contributed by atoms with van der Waals surface area (Å²) in [5.74, 6) is 0. The van der Waals surface area contributed by atoms with Crippen LogP contribution in [0.25, 0.3) is 0 Å². The third kappa shape index (κ3) is 4.35. The lowest BCUT2D eigenvalue weighted by Gasteiger charge is -2.30. The summed E-state index contributed by atoms with van der Waals surface area (Å²) in [4.78, 5) is 9.98. The van der Waals surface area contributed by atoms with Crippen molar-refractivity contribution in [3.63, 3.8) is 0 Å². The van der Waals surface area contributed by atoms with Gasteiger partial charge in [0.05, 0.1) is 11.4 Å². The van der Waals surface area contributed by atoms with Crippen molar-refractivity contribution in [3.05, 3.63) is 53.6 Å². The molecule has 0 saturated carbocycles. The normalized spacial score (nSPS) is 18.3. The second kappa shape index (κ2) is 8.60. The molecule has 2 fully saturated rings. The minimum Gasteiger partial charge on any atom is -0.371 e. The maximum absolute atomic E-state index is 4.95. The molecule has 27 heavy (non-hydrogen) atoms. The van der Waals surface area contributed by atoms with E-state index in [0.717, 1.165) is 31.9 Å². The van der Waals surface area contributed by atoms with Gasteiger partial charge in [-0.15, -0.1) is 0 Å². The maximum Gasteiger partial charge on any atom is 0.0863 e. The average Bonchev–Trinajstić information content (AvgIpc) is 2.74. The predicted molar refractivity (Wildman–Crippen MR) is 117 cm³/mol. The second-order valence-electron chi connectivity index (χ2n) is 7.90. The third-order valence-electron chi connectivity index (χ3n) is 5.80. The molecule has 0 amide bonds. The van der Waals surface area contributed by atoms with E-state index < -0.39 is 0 Å². The van der Waals surface area contributed by atoms with E-state index in [1.807, 2.05) is 0 Å². The number of piperidine rings is 2. The van der Waals surface area contributed by atoms with Crippen LogP contribution < -0.4 is 9.80 Å². The van der Waals surface area contributed by atoms with Gasteiger partial charge in [0.15, 0.2) is 0 Å². The molecule has 3 heteroatoms. The Bertz CT molecular complexity index is 784. The number of anilines is 2. The van der Waals surface area contributed by atoms with Crippen LogP contribution in [0.3, 0.4) is 0 Å². The van der Waals surface area contributed by atoms with Crippen molar-refractivity contribution in [1.29, 1.82) is 0 Å². The Morgan fingerprint density at radius 2 is 1.37 bits per heavy atom. The molecular formula is C24H31N3. The molecule has 0 bridgehead atoms. The van der Waals surface area contributed by atoms with Crippen LogP contribution in [0.2, 0.25) is 0 Å². The number of hydrogen-bond acceptors (Lipinski definition) is 3. The second-order valence-corrected chi connectivity index (χ2v) is 7.90. The molecule has 0 aliphatic carbocycles. The maximum atomic E-state index is 4.95. The number of para-hydroxylation sites is 2. The monoisotopic (exact) mass is 361 g/mol. The van der Waals surface area contributed by atoms with Crippen LogP contribution >= 0.6 is 0 Å². The van der Waals surface area contributed by atoms with E-state index in [1.54, 1.807) is 0 Å². The molecule has 4 rings (SSSR count). The van der Waals surface area contributed by atoms with Crippen molar-refractivity contribution < 1.29 is 0 Å². The molecule has 2 aromatic rings. The van der Waals surface area contributed by atoms with Gasteiger partial charge in [-0.05, 0) is 69.7 Å². The summed E-state index contributed by atoms with van der Waals surface area (Å²) in [6.45, 7) is 6.79. The van der Waals surface area contributed by atoms with Crippen molar-refractivity contribution in [2.75, 3.05) is 36.0 Å². The molecule has 142 valence electrons. The number of aliphatic imine (C=N–C) groups is 1. The fourth-order valence-electron chi connectivity index (χ4n) is 4.31. The topological polar surface area (TPSA) is 18.8 Å². The standard InChI is InChI=1S/C24H31N3/c1-20-12-13-23(26-14-6-2-7-15-26)21(18-20)19-25-22-10-4-5-11-24(22)27-16-8-3-9-17-27/h4-5,10-13,18-19H,2-3,6-9,14-17H2,1H3. The molecule has 2 aromatic carbocycles. The van der Waals surface area contributed by atoms with Gasteiger partial charge in [-0.25, -0.2) is 0 Å². The minimum absolute atomic E-state index is 1.09. The molecule has 2 aliphatic heterocycles. The minimum atomic E-state index is 1.09. The van der Waals surface area contributed by atoms with Crippen LogP contribution in [0.4, 0.5) is 17.1 Å². The van der Waals surface area contributed by atoms with Gasteiger partial charge in [-0.2, -0.15) is 0 Å². The summed E-state index contributed by atoms with van der Waals surface area (Å²) >= 11 is 0. The first-order chi connectivity index (χ1) is 13.3. The molecule has 0 N–H and O–H groups in total. The largest absolute Gasteiger partial charge is 0.371 e. The quantitative estimate of drug-likeness (QED) is 0.648. The van der Waals surface area contributed by atoms with Crippen LogP contribution in [0.5, 0.6) is 0 Å². The van der Waals surface area contributed by atoms with Crippen molar-refractivity contribution in [2.24, 2.45) is 4.99 Å². The lowest BCUT2D eigenvalue weighted by molar-refractivity contribution is 0.577. The molecule has 0 radical (unpaired) electrons. The number of benzene rings is 2. The molecule has 2 aliphatic rings. The highest BCUT2D eigenvalue weighted by Crippen LogP contribution is 2.31. The fraction of sp³-hybridized carbons (Fsp3) is 0.458. The van der Waals surface area contributed by atoms with E-state index in [9.17, 15) is 0 Å². The first-order valence-electron chi connectivity index (χ1n) is 10.5. The van der Waals surface area contributed by atoms with Crippen molar-refractivity contribution in [3.8, 4) is 0 Å². The summed E-state index contributed by atoms with van der Waals surface area (Å²) in [7, 11) is 0. The molecule has 2 heterocycles. The Morgan fingerprint density at radius 3 is 2.07 bits per heavy atom. The highest BCUT2D eigenvalue weighted by Gasteiger charge is 2.15. The van der Waals surface area contributed by atoms with Crippen LogP contribution in [0, 0.1) is 6.92 Å². The summed E-state index contributed by atoms with van der Waals surface area (Å²) in [5, 5.41) is 0. The summed E-state index contributed by atoms with van der Waals surface area (Å²) in [6.07, 6.45) is 9.95. The Hall–Kier alpha value is -2.29. The number of hydrogen-bond donors (Lipinski definition) is 0. The van der Waals surface area contributed by atoms with Crippen LogP contribution in [-0.2, 0) is 0 Å². The van der Waals surface area contributed by atoms with Crippen LogP contribution in [-0.4, -0.2) is 32.4 Å². The Morgan fingerprint density at radius 1 is 0.741 bits per heavy atom. The van der Waals surface area contributed by atoms with E-state index in [-0.39, 0.29) is 0 Å². The van der Waals surface area contributed by atoms with E-state index >= 15 is 0 Å². The Kier molecular flexibility index (Phi) is 5.76. The molecule has 0 atom stereocenters. The van der Waals surface area contributed by atoms with Crippen LogP contribution in [0.15, 0.2) is 47.5 Å². The van der Waals surface area contributed by atoms with E-state index in [0.29, 0.717) is 0 Å². The van der Waals surface area contributed by atoms with Crippen molar-refractivity contribution in [1.82, 2.24) is 0 Å². The van der Waals surface area contributed by atoms with Gasteiger partial charge in [0, 0.05) is 43.6 Å². The van der Waals surface area contributed by atoms with Gasteiger partial charge < -0.3 is 9.80 Å². The van der Waals surface area contributed by atoms with E-state index in [4.69, 9.17) is 4.99 Å². The van der Waals surface area contributed by atoms with Gasteiger partial charge in [0.2, 0.25) is 0 Å². The van der Waals surface area contributed by atoms with Gasteiger partial charge in [-0.1, -0.05) is 23.8 Å². The summed E-state index contributed by atoms with van der Waals surface area (Å²) < 4.78 is 0. The lowest BCUT2D eigenvalue weighted by atomic mass is 10.1. The molecule has 0 unspecified atom stereocenters. The van der Waals surface area contributed by atoms with E-state index in [1.165, 1.54) is 61.0 Å². The van der Waals surface area contributed by atoms with Gasteiger partial charge >= 0.3 is 0 Å². The predicted octanol–water partition coefficient (Wildman–Crippen LogP) is 5.73. The number of rotatable bonds is 4.